The molecule has 0 spiro atoms. The molecule has 108 valence electrons. The average Bonchev–Trinajstić information content (AvgIpc) is 2.77. The van der Waals surface area contributed by atoms with Crippen LogP contribution in [0, 0.1) is 5.82 Å². The van der Waals surface area contributed by atoms with E-state index in [1.807, 2.05) is 36.1 Å². The Morgan fingerprint density at radius 2 is 2.00 bits per heavy atom. The first-order valence-electron chi connectivity index (χ1n) is 6.59. The van der Waals surface area contributed by atoms with Crippen molar-refractivity contribution < 1.29 is 14.3 Å². The topological polar surface area (TPSA) is 40.5 Å². The molecule has 1 aliphatic heterocycles. The van der Waals surface area contributed by atoms with E-state index in [1.54, 1.807) is 0 Å². The van der Waals surface area contributed by atoms with Gasteiger partial charge in [-0.2, -0.15) is 0 Å². The second kappa shape index (κ2) is 5.15. The Balaban J connectivity index is 2.14. The van der Waals surface area contributed by atoms with Gasteiger partial charge in [-0.25, -0.2) is 9.18 Å². The number of aromatic carboxylic acids is 1. The van der Waals surface area contributed by atoms with E-state index in [4.69, 9.17) is 5.11 Å². The van der Waals surface area contributed by atoms with Crippen LogP contribution in [0.2, 0.25) is 0 Å². The van der Waals surface area contributed by atoms with Gasteiger partial charge in [0.15, 0.2) is 5.82 Å². The first-order chi connectivity index (χ1) is 10.0. The molecule has 0 bridgehead atoms. The quantitative estimate of drug-likeness (QED) is 0.875. The van der Waals surface area contributed by atoms with Crippen molar-refractivity contribution in [2.75, 3.05) is 4.90 Å². The molecule has 2 aromatic carbocycles. The molecule has 1 unspecified atom stereocenters. The van der Waals surface area contributed by atoms with Crippen LogP contribution < -0.4 is 4.90 Å². The van der Waals surface area contributed by atoms with Crippen LogP contribution in [-0.4, -0.2) is 17.1 Å². The molecular weight excluding hydrogens is 337 g/mol. The van der Waals surface area contributed by atoms with E-state index in [1.165, 1.54) is 17.7 Å². The third kappa shape index (κ3) is 2.21. The minimum atomic E-state index is -1.15. The fraction of sp³-hybridized carbons (Fsp3) is 0.188. The van der Waals surface area contributed by atoms with Crippen LogP contribution in [0.3, 0.4) is 0 Å². The highest BCUT2D eigenvalue weighted by atomic mass is 79.9. The predicted octanol–water partition coefficient (Wildman–Crippen LogP) is 4.37. The van der Waals surface area contributed by atoms with Crippen LogP contribution in [-0.2, 0) is 6.42 Å². The molecule has 0 aromatic heterocycles. The molecule has 0 saturated carbocycles. The smallest absolute Gasteiger partial charge is 0.336 e. The van der Waals surface area contributed by atoms with Gasteiger partial charge < -0.3 is 10.0 Å². The molecule has 2 aromatic rings. The molecule has 1 atom stereocenters. The maximum Gasteiger partial charge on any atom is 0.336 e. The summed E-state index contributed by atoms with van der Waals surface area (Å²) in [4.78, 5) is 13.0. The Labute approximate surface area is 130 Å². The van der Waals surface area contributed by atoms with E-state index in [9.17, 15) is 9.18 Å². The number of hydrogen-bond acceptors (Lipinski definition) is 2. The van der Waals surface area contributed by atoms with Crippen molar-refractivity contribution in [1.82, 2.24) is 0 Å². The van der Waals surface area contributed by atoms with Gasteiger partial charge in [0, 0.05) is 11.7 Å². The molecule has 0 aliphatic carbocycles. The number of para-hydroxylation sites is 1. The van der Waals surface area contributed by atoms with Gasteiger partial charge in [0.05, 0.1) is 15.7 Å². The number of anilines is 2. The second-order valence-electron chi connectivity index (χ2n) is 5.12. The van der Waals surface area contributed by atoms with Crippen molar-refractivity contribution in [2.24, 2.45) is 0 Å². The SMILES string of the molecule is CC1Cc2ccccc2N1c1ccc(C(=O)O)c(Br)c1F. The summed E-state index contributed by atoms with van der Waals surface area (Å²) in [5, 5.41) is 9.05. The highest BCUT2D eigenvalue weighted by Crippen LogP contribution is 2.41. The Morgan fingerprint density at radius 1 is 1.29 bits per heavy atom. The fourth-order valence-corrected chi connectivity index (χ4v) is 3.33. The van der Waals surface area contributed by atoms with E-state index in [-0.39, 0.29) is 16.1 Å². The van der Waals surface area contributed by atoms with Gasteiger partial charge in [-0.3, -0.25) is 0 Å². The third-order valence-electron chi connectivity index (χ3n) is 3.76. The number of halogens is 2. The largest absolute Gasteiger partial charge is 0.478 e. The molecular formula is C16H13BrFNO2. The van der Waals surface area contributed by atoms with Gasteiger partial charge in [0.2, 0.25) is 0 Å². The van der Waals surface area contributed by atoms with Crippen molar-refractivity contribution in [1.29, 1.82) is 0 Å². The molecule has 0 saturated heterocycles. The lowest BCUT2D eigenvalue weighted by atomic mass is 10.1. The number of hydrogen-bond donors (Lipinski definition) is 1. The van der Waals surface area contributed by atoms with Gasteiger partial charge >= 0.3 is 5.97 Å². The minimum Gasteiger partial charge on any atom is -0.478 e. The lowest BCUT2D eigenvalue weighted by molar-refractivity contribution is 0.0695. The van der Waals surface area contributed by atoms with Crippen LogP contribution in [0.15, 0.2) is 40.9 Å². The van der Waals surface area contributed by atoms with Gasteiger partial charge in [0.25, 0.3) is 0 Å². The first-order valence-corrected chi connectivity index (χ1v) is 7.38. The molecule has 3 nitrogen and oxygen atoms in total. The lowest BCUT2D eigenvalue weighted by Crippen LogP contribution is -2.25. The van der Waals surface area contributed by atoms with E-state index >= 15 is 0 Å². The summed E-state index contributed by atoms with van der Waals surface area (Å²) in [5.74, 6) is -1.69. The van der Waals surface area contributed by atoms with Crippen LogP contribution >= 0.6 is 15.9 Å². The molecule has 0 radical (unpaired) electrons. The number of carboxylic acids is 1. The monoisotopic (exact) mass is 349 g/mol. The molecule has 5 heteroatoms. The van der Waals surface area contributed by atoms with Gasteiger partial charge in [-0.15, -0.1) is 0 Å². The minimum absolute atomic E-state index is 0.0101. The Morgan fingerprint density at radius 3 is 2.71 bits per heavy atom. The molecule has 0 amide bonds. The molecule has 1 aliphatic rings. The Hall–Kier alpha value is -1.88. The average molecular weight is 350 g/mol. The van der Waals surface area contributed by atoms with Crippen molar-refractivity contribution in [2.45, 2.75) is 19.4 Å². The summed E-state index contributed by atoms with van der Waals surface area (Å²) in [7, 11) is 0. The maximum absolute atomic E-state index is 14.6. The van der Waals surface area contributed by atoms with Gasteiger partial charge in [-0.05, 0) is 53.0 Å². The zero-order valence-corrected chi connectivity index (χ0v) is 12.9. The number of benzene rings is 2. The number of carbonyl (C=O) groups is 1. The number of rotatable bonds is 2. The molecule has 21 heavy (non-hydrogen) atoms. The van der Waals surface area contributed by atoms with Crippen LogP contribution in [0.25, 0.3) is 0 Å². The summed E-state index contributed by atoms with van der Waals surface area (Å²) in [6.45, 7) is 2.03. The highest BCUT2D eigenvalue weighted by molar-refractivity contribution is 9.10. The molecule has 1 N–H and O–H groups in total. The predicted molar refractivity (Wildman–Crippen MR) is 82.8 cm³/mol. The van der Waals surface area contributed by atoms with Crippen molar-refractivity contribution in [3.05, 3.63) is 57.8 Å². The van der Waals surface area contributed by atoms with Crippen LogP contribution in [0.5, 0.6) is 0 Å². The summed E-state index contributed by atoms with van der Waals surface area (Å²) in [5.41, 5.74) is 2.46. The number of nitrogens with zero attached hydrogens (tertiary/aromatic N) is 1. The third-order valence-corrected chi connectivity index (χ3v) is 4.53. The Kier molecular flexibility index (Phi) is 3.45. The van der Waals surface area contributed by atoms with Crippen molar-refractivity contribution in [3.8, 4) is 0 Å². The number of carboxylic acid groups (broad SMARTS) is 1. The number of fused-ring (bicyclic) bond motifs is 1. The highest BCUT2D eigenvalue weighted by Gasteiger charge is 2.30. The van der Waals surface area contributed by atoms with E-state index < -0.39 is 11.8 Å². The van der Waals surface area contributed by atoms with Crippen LogP contribution in [0.4, 0.5) is 15.8 Å². The molecule has 3 rings (SSSR count). The van der Waals surface area contributed by atoms with Crippen LogP contribution in [0.1, 0.15) is 22.8 Å². The Bertz CT molecular complexity index is 732. The molecule has 1 heterocycles. The van der Waals surface area contributed by atoms with Crippen molar-refractivity contribution in [3.63, 3.8) is 0 Å². The van der Waals surface area contributed by atoms with E-state index in [0.717, 1.165) is 12.1 Å². The molecule has 0 fully saturated rings. The van der Waals surface area contributed by atoms with E-state index in [0.29, 0.717) is 5.69 Å². The van der Waals surface area contributed by atoms with Gasteiger partial charge in [-0.1, -0.05) is 18.2 Å². The fourth-order valence-electron chi connectivity index (χ4n) is 2.82. The van der Waals surface area contributed by atoms with E-state index in [2.05, 4.69) is 15.9 Å². The summed E-state index contributed by atoms with van der Waals surface area (Å²) < 4.78 is 14.6. The summed E-state index contributed by atoms with van der Waals surface area (Å²) >= 11 is 3.06. The normalized spacial score (nSPS) is 16.9. The first kappa shape index (κ1) is 14.1. The lowest BCUT2D eigenvalue weighted by Gasteiger charge is -2.26. The zero-order chi connectivity index (χ0) is 15.1. The second-order valence-corrected chi connectivity index (χ2v) is 5.91. The summed E-state index contributed by atoms with van der Waals surface area (Å²) in [6.07, 6.45) is 0.841. The van der Waals surface area contributed by atoms with Gasteiger partial charge in [0.1, 0.15) is 0 Å². The maximum atomic E-state index is 14.6. The standard InChI is InChI=1S/C16H13BrFNO2/c1-9-8-10-4-2-3-5-12(10)19(9)13-7-6-11(16(20)21)14(17)15(13)18/h2-7,9H,8H2,1H3,(H,20,21). The summed E-state index contributed by atoms with van der Waals surface area (Å²) in [6, 6.07) is 11.0. The van der Waals surface area contributed by atoms with Crippen molar-refractivity contribution >= 4 is 33.3 Å². The zero-order valence-electron chi connectivity index (χ0n) is 11.3.